The summed E-state index contributed by atoms with van der Waals surface area (Å²) < 4.78 is 2.32. The molecule has 29 heavy (non-hydrogen) atoms. The number of urea groups is 1. The highest BCUT2D eigenvalue weighted by atomic mass is 16.2. The van der Waals surface area contributed by atoms with E-state index >= 15 is 0 Å². The van der Waals surface area contributed by atoms with Crippen LogP contribution in [0.4, 0.5) is 10.5 Å². The summed E-state index contributed by atoms with van der Waals surface area (Å²) in [6.45, 7) is 7.94. The number of hydrogen-bond acceptors (Lipinski definition) is 3. The average molecular weight is 392 g/mol. The zero-order chi connectivity index (χ0) is 20.4. The molecule has 0 atom stereocenters. The van der Waals surface area contributed by atoms with Crippen LogP contribution in [0, 0.1) is 12.8 Å². The van der Waals surface area contributed by atoms with Crippen LogP contribution in [0.25, 0.3) is 11.2 Å². The largest absolute Gasteiger partial charge is 0.324 e. The topological polar surface area (TPSA) is 63.1 Å². The molecule has 6 heteroatoms. The summed E-state index contributed by atoms with van der Waals surface area (Å²) in [6.07, 6.45) is 4.59. The molecule has 1 aliphatic rings. The Morgan fingerprint density at radius 3 is 2.59 bits per heavy atom. The number of nitrogens with zero attached hydrogens (tertiary/aromatic N) is 4. The highest BCUT2D eigenvalue weighted by Crippen LogP contribution is 2.29. The van der Waals surface area contributed by atoms with Crippen LogP contribution in [0.3, 0.4) is 0 Å². The molecule has 0 saturated carbocycles. The monoisotopic (exact) mass is 391 g/mol. The lowest BCUT2D eigenvalue weighted by Crippen LogP contribution is -2.41. The molecule has 0 aliphatic carbocycles. The number of aromatic nitrogens is 3. The lowest BCUT2D eigenvalue weighted by Gasteiger charge is -2.33. The first kappa shape index (κ1) is 19.4. The predicted molar refractivity (Wildman–Crippen MR) is 116 cm³/mol. The average Bonchev–Trinajstić information content (AvgIpc) is 3.07. The van der Waals surface area contributed by atoms with E-state index in [2.05, 4.69) is 28.7 Å². The Hall–Kier alpha value is -2.89. The van der Waals surface area contributed by atoms with Gasteiger partial charge in [-0.25, -0.2) is 14.8 Å². The summed E-state index contributed by atoms with van der Waals surface area (Å²) >= 11 is 0. The number of likely N-dealkylation sites (tertiary alicyclic amines) is 1. The van der Waals surface area contributed by atoms with Crippen LogP contribution in [0.15, 0.2) is 42.6 Å². The Balaban J connectivity index is 1.47. The van der Waals surface area contributed by atoms with Gasteiger partial charge in [0.05, 0.1) is 0 Å². The van der Waals surface area contributed by atoms with Crippen LogP contribution in [-0.4, -0.2) is 38.6 Å². The first-order valence-corrected chi connectivity index (χ1v) is 10.5. The van der Waals surface area contributed by atoms with Crippen molar-refractivity contribution in [2.75, 3.05) is 18.4 Å². The Morgan fingerprint density at radius 1 is 1.17 bits per heavy atom. The fraction of sp³-hybridized carbons (Fsp3) is 0.435. The van der Waals surface area contributed by atoms with Gasteiger partial charge in [-0.3, -0.25) is 0 Å². The van der Waals surface area contributed by atoms with Crippen molar-refractivity contribution < 1.29 is 4.79 Å². The minimum absolute atomic E-state index is 0.0247. The van der Waals surface area contributed by atoms with Gasteiger partial charge in [0.2, 0.25) is 0 Å². The molecule has 0 radical (unpaired) electrons. The molecule has 1 aliphatic heterocycles. The zero-order valence-electron chi connectivity index (χ0n) is 17.4. The number of benzene rings is 1. The van der Waals surface area contributed by atoms with Crippen molar-refractivity contribution >= 4 is 22.9 Å². The molecule has 3 aromatic rings. The number of amides is 2. The van der Waals surface area contributed by atoms with Gasteiger partial charge in [-0.05, 0) is 49.9 Å². The molecule has 6 nitrogen and oxygen atoms in total. The fourth-order valence-electron chi connectivity index (χ4n) is 4.04. The minimum Gasteiger partial charge on any atom is -0.324 e. The highest BCUT2D eigenvalue weighted by molar-refractivity contribution is 5.89. The molecule has 0 bridgehead atoms. The van der Waals surface area contributed by atoms with E-state index < -0.39 is 0 Å². The molecule has 2 amide bonds. The molecular formula is C23H29N5O. The number of imidazole rings is 1. The molecule has 152 valence electrons. The number of hydrogen-bond donors (Lipinski definition) is 1. The van der Waals surface area contributed by atoms with Crippen LogP contribution in [0.5, 0.6) is 0 Å². The normalized spacial score (nSPS) is 15.2. The van der Waals surface area contributed by atoms with E-state index in [-0.39, 0.29) is 6.03 Å². The lowest BCUT2D eigenvalue weighted by molar-refractivity contribution is 0.183. The van der Waals surface area contributed by atoms with E-state index in [1.54, 1.807) is 0 Å². The smallest absolute Gasteiger partial charge is 0.321 e. The van der Waals surface area contributed by atoms with Crippen molar-refractivity contribution in [3.05, 3.63) is 54.0 Å². The summed E-state index contributed by atoms with van der Waals surface area (Å²) in [5.41, 5.74) is 3.95. The molecule has 1 fully saturated rings. The molecule has 1 aromatic carbocycles. The molecule has 0 spiro atoms. The van der Waals surface area contributed by atoms with E-state index in [0.717, 1.165) is 55.0 Å². The van der Waals surface area contributed by atoms with Gasteiger partial charge in [0.15, 0.2) is 5.65 Å². The molecule has 4 rings (SSSR count). The molecule has 2 aromatic heterocycles. The van der Waals surface area contributed by atoms with Crippen molar-refractivity contribution in [2.24, 2.45) is 5.92 Å². The van der Waals surface area contributed by atoms with Crippen LogP contribution >= 0.6 is 0 Å². The molecule has 0 unspecified atom stereocenters. The predicted octanol–water partition coefficient (Wildman–Crippen LogP) is 4.81. The maximum atomic E-state index is 12.7. The van der Waals surface area contributed by atoms with E-state index in [1.165, 1.54) is 5.56 Å². The molecule has 3 heterocycles. The van der Waals surface area contributed by atoms with Gasteiger partial charge in [0.1, 0.15) is 11.3 Å². The highest BCUT2D eigenvalue weighted by Gasteiger charge is 2.27. The van der Waals surface area contributed by atoms with Gasteiger partial charge in [-0.1, -0.05) is 31.5 Å². The van der Waals surface area contributed by atoms with Crippen LogP contribution in [0.1, 0.15) is 44.1 Å². The zero-order valence-corrected chi connectivity index (χ0v) is 17.4. The third-order valence-corrected chi connectivity index (χ3v) is 5.53. The van der Waals surface area contributed by atoms with Crippen molar-refractivity contribution in [1.29, 1.82) is 0 Å². The van der Waals surface area contributed by atoms with Gasteiger partial charge in [-0.2, -0.15) is 0 Å². The maximum Gasteiger partial charge on any atom is 0.321 e. The number of piperidine rings is 1. The standard InChI is InChI=1S/C23H29N5O/c1-16(2)15-21-26-20-5-4-12-24-22(20)28(21)19-10-13-27(14-11-19)23(29)25-18-8-6-17(3)7-9-18/h4-9,12,16,19H,10-11,13-15H2,1-3H3,(H,25,29). The number of fused-ring (bicyclic) bond motifs is 1. The van der Waals surface area contributed by atoms with Crippen LogP contribution in [-0.2, 0) is 6.42 Å². The summed E-state index contributed by atoms with van der Waals surface area (Å²) in [5, 5.41) is 3.01. The Morgan fingerprint density at radius 2 is 1.90 bits per heavy atom. The number of anilines is 1. The number of aryl methyl sites for hydroxylation is 1. The number of nitrogens with one attached hydrogen (secondary N) is 1. The number of rotatable bonds is 4. The number of carbonyl (C=O) groups excluding carboxylic acids is 1. The summed E-state index contributed by atoms with van der Waals surface area (Å²) in [5.74, 6) is 1.64. The third-order valence-electron chi connectivity index (χ3n) is 5.53. The Labute approximate surface area is 172 Å². The molecular weight excluding hydrogens is 362 g/mol. The second-order valence-electron chi connectivity index (χ2n) is 8.36. The fourth-order valence-corrected chi connectivity index (χ4v) is 4.04. The van der Waals surface area contributed by atoms with E-state index in [4.69, 9.17) is 4.98 Å². The third kappa shape index (κ3) is 4.26. The quantitative estimate of drug-likeness (QED) is 0.694. The van der Waals surface area contributed by atoms with Crippen molar-refractivity contribution in [2.45, 2.75) is 46.1 Å². The summed E-state index contributed by atoms with van der Waals surface area (Å²) in [4.78, 5) is 24.0. The van der Waals surface area contributed by atoms with Crippen molar-refractivity contribution in [1.82, 2.24) is 19.4 Å². The van der Waals surface area contributed by atoms with E-state index in [1.807, 2.05) is 54.4 Å². The first-order valence-electron chi connectivity index (χ1n) is 10.5. The van der Waals surface area contributed by atoms with Gasteiger partial charge in [0.25, 0.3) is 0 Å². The SMILES string of the molecule is Cc1ccc(NC(=O)N2CCC(n3c(CC(C)C)nc4cccnc43)CC2)cc1. The second-order valence-corrected chi connectivity index (χ2v) is 8.36. The maximum absolute atomic E-state index is 12.7. The molecule has 1 saturated heterocycles. The Bertz CT molecular complexity index is 984. The minimum atomic E-state index is -0.0247. The van der Waals surface area contributed by atoms with Gasteiger partial charge in [0, 0.05) is 37.4 Å². The number of carbonyl (C=O) groups is 1. The van der Waals surface area contributed by atoms with Crippen LogP contribution < -0.4 is 5.32 Å². The van der Waals surface area contributed by atoms with Gasteiger partial charge < -0.3 is 14.8 Å². The Kier molecular flexibility index (Phi) is 5.51. The van der Waals surface area contributed by atoms with E-state index in [9.17, 15) is 4.79 Å². The van der Waals surface area contributed by atoms with Crippen LogP contribution in [0.2, 0.25) is 0 Å². The number of pyridine rings is 1. The van der Waals surface area contributed by atoms with Crippen molar-refractivity contribution in [3.63, 3.8) is 0 Å². The van der Waals surface area contributed by atoms with E-state index in [0.29, 0.717) is 12.0 Å². The van der Waals surface area contributed by atoms with Gasteiger partial charge >= 0.3 is 6.03 Å². The van der Waals surface area contributed by atoms with Gasteiger partial charge in [-0.15, -0.1) is 0 Å². The summed E-state index contributed by atoms with van der Waals surface area (Å²) in [6, 6.07) is 12.2. The summed E-state index contributed by atoms with van der Waals surface area (Å²) in [7, 11) is 0. The first-order chi connectivity index (χ1) is 14.0. The lowest BCUT2D eigenvalue weighted by atomic mass is 10.0. The second kappa shape index (κ2) is 8.23. The van der Waals surface area contributed by atoms with Crippen molar-refractivity contribution in [3.8, 4) is 0 Å². The molecule has 1 N–H and O–H groups in total.